The average molecular weight is 489 g/mol. The first-order valence-electron chi connectivity index (χ1n) is 14.0. The van der Waals surface area contributed by atoms with Gasteiger partial charge in [-0.2, -0.15) is 0 Å². The van der Waals surface area contributed by atoms with Crippen LogP contribution in [0.3, 0.4) is 0 Å². The summed E-state index contributed by atoms with van der Waals surface area (Å²) in [5.74, 6) is 0. The molecule has 5 rings (SSSR count). The van der Waals surface area contributed by atoms with Crippen LogP contribution in [-0.2, 0) is 12.8 Å². The monoisotopic (exact) mass is 488 g/mol. The van der Waals surface area contributed by atoms with Crippen LogP contribution in [0.15, 0.2) is 89.6 Å². The molecule has 3 atom stereocenters. The van der Waals surface area contributed by atoms with Crippen LogP contribution >= 0.6 is 0 Å². The highest BCUT2D eigenvalue weighted by Gasteiger charge is 2.59. The predicted octanol–water partition coefficient (Wildman–Crippen LogP) is 10.4. The summed E-state index contributed by atoms with van der Waals surface area (Å²) in [5, 5.41) is 0. The van der Waals surface area contributed by atoms with Crippen molar-refractivity contribution in [2.75, 3.05) is 0 Å². The third-order valence-electron chi connectivity index (χ3n) is 10.6. The van der Waals surface area contributed by atoms with E-state index in [1.165, 1.54) is 66.8 Å². The van der Waals surface area contributed by atoms with Gasteiger partial charge in [0.15, 0.2) is 0 Å². The first-order chi connectivity index (χ1) is 17.3. The van der Waals surface area contributed by atoms with E-state index in [1.54, 1.807) is 0 Å². The predicted molar refractivity (Wildman–Crippen MR) is 162 cm³/mol. The van der Waals surface area contributed by atoms with Gasteiger partial charge in [-0.3, -0.25) is 0 Å². The van der Waals surface area contributed by atoms with Gasteiger partial charge in [-0.05, 0) is 120 Å². The lowest BCUT2D eigenvalue weighted by Gasteiger charge is -2.62. The topological polar surface area (TPSA) is 0 Å². The second-order valence-electron chi connectivity index (χ2n) is 13.0. The van der Waals surface area contributed by atoms with Gasteiger partial charge in [0.2, 0.25) is 0 Å². The number of hydrogen-bond acceptors (Lipinski definition) is 0. The summed E-state index contributed by atoms with van der Waals surface area (Å²) in [6, 6.07) is 13.4. The van der Waals surface area contributed by atoms with E-state index >= 15 is 0 Å². The zero-order valence-electron chi connectivity index (χ0n) is 24.4. The molecule has 0 amide bonds. The summed E-state index contributed by atoms with van der Waals surface area (Å²) >= 11 is 0. The van der Waals surface area contributed by atoms with Gasteiger partial charge in [0.25, 0.3) is 0 Å². The first-order valence-corrected chi connectivity index (χ1v) is 14.0. The quantitative estimate of drug-likeness (QED) is 0.403. The van der Waals surface area contributed by atoms with Crippen LogP contribution in [0.2, 0.25) is 0 Å². The lowest BCUT2D eigenvalue weighted by Crippen LogP contribution is -2.52. The third-order valence-corrected chi connectivity index (χ3v) is 10.6. The maximum atomic E-state index is 4.87. The van der Waals surface area contributed by atoms with Gasteiger partial charge in [-0.1, -0.05) is 101 Å². The highest BCUT2D eigenvalue weighted by Crippen LogP contribution is 2.70. The van der Waals surface area contributed by atoms with Crippen LogP contribution in [0.25, 0.3) is 16.7 Å². The van der Waals surface area contributed by atoms with Gasteiger partial charge >= 0.3 is 0 Å². The molecular weight excluding hydrogens is 444 g/mol. The number of aryl methyl sites for hydroxylation is 1. The Morgan fingerprint density at radius 1 is 0.973 bits per heavy atom. The summed E-state index contributed by atoms with van der Waals surface area (Å²) in [4.78, 5) is 0. The van der Waals surface area contributed by atoms with Crippen molar-refractivity contribution in [3.8, 4) is 11.1 Å². The minimum Gasteiger partial charge on any atom is -0.0955 e. The number of rotatable bonds is 3. The van der Waals surface area contributed by atoms with E-state index in [0.717, 1.165) is 31.3 Å². The second kappa shape index (κ2) is 8.32. The summed E-state index contributed by atoms with van der Waals surface area (Å²) in [7, 11) is 0. The van der Waals surface area contributed by atoms with E-state index in [9.17, 15) is 0 Å². The molecule has 2 aromatic rings. The molecule has 0 nitrogen and oxygen atoms in total. The van der Waals surface area contributed by atoms with Crippen molar-refractivity contribution < 1.29 is 0 Å². The fraction of sp³-hybridized carbons (Fsp3) is 0.405. The molecule has 0 spiro atoms. The van der Waals surface area contributed by atoms with E-state index in [1.807, 2.05) is 0 Å². The maximum Gasteiger partial charge on any atom is 0.0194 e. The Hall–Kier alpha value is -2.86. The lowest BCUT2D eigenvalue weighted by molar-refractivity contribution is 0.0544. The molecule has 0 heterocycles. The van der Waals surface area contributed by atoms with E-state index < -0.39 is 0 Å². The van der Waals surface area contributed by atoms with Gasteiger partial charge in [0, 0.05) is 5.41 Å². The number of fused-ring (bicyclic) bond motifs is 3. The molecule has 2 aromatic carbocycles. The normalized spacial score (nSPS) is 29.2. The van der Waals surface area contributed by atoms with Crippen molar-refractivity contribution in [1.29, 1.82) is 0 Å². The molecule has 0 aromatic heterocycles. The Morgan fingerprint density at radius 3 is 2.22 bits per heavy atom. The average Bonchev–Trinajstić information content (AvgIpc) is 2.81. The molecule has 0 saturated heterocycles. The summed E-state index contributed by atoms with van der Waals surface area (Å²) in [5.41, 5.74) is 17.8. The van der Waals surface area contributed by atoms with Crippen molar-refractivity contribution in [3.05, 3.63) is 112 Å². The van der Waals surface area contributed by atoms with Crippen LogP contribution in [0.4, 0.5) is 0 Å². The zero-order valence-corrected chi connectivity index (χ0v) is 24.4. The van der Waals surface area contributed by atoms with Crippen molar-refractivity contribution in [3.63, 3.8) is 0 Å². The highest BCUT2D eigenvalue weighted by molar-refractivity contribution is 5.90. The zero-order chi connectivity index (χ0) is 27.1. The summed E-state index contributed by atoms with van der Waals surface area (Å²) < 4.78 is 0. The van der Waals surface area contributed by atoms with Crippen LogP contribution in [-0.4, -0.2) is 0 Å². The van der Waals surface area contributed by atoms with Crippen molar-refractivity contribution in [1.82, 2.24) is 0 Å². The van der Waals surface area contributed by atoms with Gasteiger partial charge in [-0.25, -0.2) is 0 Å². The van der Waals surface area contributed by atoms with Gasteiger partial charge in [-0.15, -0.1) is 0 Å². The van der Waals surface area contributed by atoms with Gasteiger partial charge < -0.3 is 0 Å². The SMILES string of the molecule is C=C(C)C1=C(C)C[C@@]2(C)C[C@@]3(C)Cc4c(-c5ccccc5)cc(CC)c(C)c4C(=C)C3=C(C)[C@@]2(C)C1=C. The van der Waals surface area contributed by atoms with Crippen LogP contribution in [0.1, 0.15) is 83.6 Å². The smallest absolute Gasteiger partial charge is 0.0194 e. The van der Waals surface area contributed by atoms with Crippen molar-refractivity contribution in [2.24, 2.45) is 16.2 Å². The Labute approximate surface area is 225 Å². The van der Waals surface area contributed by atoms with E-state index in [4.69, 9.17) is 13.2 Å². The van der Waals surface area contributed by atoms with Crippen LogP contribution in [0.5, 0.6) is 0 Å². The van der Waals surface area contributed by atoms with Gasteiger partial charge in [0.1, 0.15) is 0 Å². The van der Waals surface area contributed by atoms with E-state index in [-0.39, 0.29) is 16.2 Å². The Bertz CT molecular complexity index is 1440. The molecule has 0 unspecified atom stereocenters. The molecule has 0 heteroatoms. The Kier molecular flexibility index (Phi) is 5.80. The fourth-order valence-electron chi connectivity index (χ4n) is 8.90. The third kappa shape index (κ3) is 3.34. The highest BCUT2D eigenvalue weighted by atomic mass is 14.6. The van der Waals surface area contributed by atoms with Crippen molar-refractivity contribution >= 4 is 5.57 Å². The molecule has 0 fully saturated rings. The molecule has 192 valence electrons. The first kappa shape index (κ1) is 25.8. The summed E-state index contributed by atoms with van der Waals surface area (Å²) in [6.07, 6.45) is 4.30. The molecule has 0 N–H and O–H groups in total. The van der Waals surface area contributed by atoms with Gasteiger partial charge in [0.05, 0.1) is 0 Å². The van der Waals surface area contributed by atoms with E-state index in [0.29, 0.717) is 0 Å². The molecule has 3 aliphatic rings. The molecule has 0 saturated carbocycles. The fourth-order valence-corrected chi connectivity index (χ4v) is 8.90. The lowest BCUT2D eigenvalue weighted by atomic mass is 9.41. The standard InChI is InChI=1S/C37H44/c1-12-28-18-30(29-16-14-13-15-17-29)31-20-35(9)21-36(10)19-23(4)32(22(2)3)26(7)37(36,11)27(8)34(35)25(6)33(31)24(28)5/h13-18H,2,6-7,12,19-21H2,1,3-5,8-11H3/t35-,36+,37-/m1/s1. The molecule has 0 radical (unpaired) electrons. The number of allylic oxidation sites excluding steroid dienone is 7. The molecular formula is C37H44. The molecule has 37 heavy (non-hydrogen) atoms. The second-order valence-corrected chi connectivity index (χ2v) is 13.0. The van der Waals surface area contributed by atoms with Crippen LogP contribution in [0, 0.1) is 23.2 Å². The van der Waals surface area contributed by atoms with E-state index in [2.05, 4.69) is 98.4 Å². The largest absolute Gasteiger partial charge is 0.0955 e. The maximum absolute atomic E-state index is 4.87. The Morgan fingerprint density at radius 2 is 1.62 bits per heavy atom. The molecule has 0 bridgehead atoms. The molecule has 3 aliphatic carbocycles. The minimum atomic E-state index is -0.116. The number of benzene rings is 2. The Balaban J connectivity index is 1.81. The minimum absolute atomic E-state index is 0.0351. The number of hydrogen-bond donors (Lipinski definition) is 0. The van der Waals surface area contributed by atoms with Crippen molar-refractivity contribution in [2.45, 2.75) is 81.1 Å². The summed E-state index contributed by atoms with van der Waals surface area (Å²) in [6.45, 7) is 32.9. The van der Waals surface area contributed by atoms with Crippen LogP contribution < -0.4 is 0 Å². The molecule has 0 aliphatic heterocycles.